The highest BCUT2D eigenvalue weighted by atomic mass is 16.5. The van der Waals surface area contributed by atoms with Gasteiger partial charge in [-0.15, -0.1) is 0 Å². The van der Waals surface area contributed by atoms with Gasteiger partial charge in [0.1, 0.15) is 29.6 Å². The Morgan fingerprint density at radius 3 is 2.02 bits per heavy atom. The van der Waals surface area contributed by atoms with Crippen molar-refractivity contribution in [2.75, 3.05) is 19.5 Å². The summed E-state index contributed by atoms with van der Waals surface area (Å²) in [6, 6.07) is 37.5. The molecule has 5 rings (SSSR count). The number of ketones is 1. The van der Waals surface area contributed by atoms with Gasteiger partial charge in [0.25, 0.3) is 11.8 Å². The predicted octanol–water partition coefficient (Wildman–Crippen LogP) is 7.59. The molecular formula is C40H34N2O6. The fourth-order valence-corrected chi connectivity index (χ4v) is 4.64. The Balaban J connectivity index is 1.28. The molecule has 8 nitrogen and oxygen atoms in total. The number of carbonyl (C=O) groups is 3. The molecule has 0 unspecified atom stereocenters. The van der Waals surface area contributed by atoms with E-state index in [1.807, 2.05) is 36.4 Å². The largest absolute Gasteiger partial charge is 0.497 e. The molecule has 48 heavy (non-hydrogen) atoms. The Labute approximate surface area is 279 Å². The van der Waals surface area contributed by atoms with Crippen LogP contribution in [0.2, 0.25) is 0 Å². The van der Waals surface area contributed by atoms with E-state index in [0.717, 1.165) is 11.1 Å². The molecule has 0 radical (unpaired) electrons. The van der Waals surface area contributed by atoms with Crippen molar-refractivity contribution in [2.45, 2.75) is 6.61 Å². The fraction of sp³-hybridized carbons (Fsp3) is 0.0750. The Morgan fingerprint density at radius 2 is 1.35 bits per heavy atom. The van der Waals surface area contributed by atoms with Crippen molar-refractivity contribution in [1.29, 1.82) is 0 Å². The molecule has 0 fully saturated rings. The predicted molar refractivity (Wildman–Crippen MR) is 187 cm³/mol. The number of allylic oxidation sites excluding steroid dienone is 1. The Kier molecular flexibility index (Phi) is 11.2. The molecule has 0 spiro atoms. The number of nitrogens with one attached hydrogen (secondary N) is 2. The number of anilines is 1. The third-order valence-electron chi connectivity index (χ3n) is 7.25. The summed E-state index contributed by atoms with van der Waals surface area (Å²) in [5.74, 6) is 0.704. The molecule has 0 aromatic heterocycles. The number of ether oxygens (including phenoxy) is 3. The van der Waals surface area contributed by atoms with Crippen LogP contribution in [-0.2, 0) is 11.4 Å². The second-order valence-electron chi connectivity index (χ2n) is 10.6. The summed E-state index contributed by atoms with van der Waals surface area (Å²) in [6.45, 7) is 0.426. The van der Waals surface area contributed by atoms with Crippen LogP contribution in [0.3, 0.4) is 0 Å². The van der Waals surface area contributed by atoms with E-state index in [4.69, 9.17) is 14.2 Å². The molecule has 5 aromatic rings. The van der Waals surface area contributed by atoms with E-state index in [1.165, 1.54) is 6.08 Å². The van der Waals surface area contributed by atoms with Crippen LogP contribution in [0.15, 0.2) is 139 Å². The first-order valence-electron chi connectivity index (χ1n) is 15.1. The Morgan fingerprint density at radius 1 is 0.688 bits per heavy atom. The molecule has 0 atom stereocenters. The minimum atomic E-state index is -0.533. The lowest BCUT2D eigenvalue weighted by molar-refractivity contribution is -0.113. The van der Waals surface area contributed by atoms with Gasteiger partial charge in [-0.1, -0.05) is 60.7 Å². The van der Waals surface area contributed by atoms with Gasteiger partial charge in [0, 0.05) is 28.4 Å². The monoisotopic (exact) mass is 638 g/mol. The molecule has 0 aliphatic carbocycles. The van der Waals surface area contributed by atoms with E-state index in [2.05, 4.69) is 10.6 Å². The number of benzene rings is 5. The maximum atomic E-state index is 13.5. The van der Waals surface area contributed by atoms with E-state index >= 15 is 0 Å². The number of methoxy groups -OCH3 is 2. The average Bonchev–Trinajstić information content (AvgIpc) is 3.14. The second-order valence-corrected chi connectivity index (χ2v) is 10.6. The highest BCUT2D eigenvalue weighted by Crippen LogP contribution is 2.26. The molecule has 0 bridgehead atoms. The Bertz CT molecular complexity index is 1920. The number of hydrogen-bond donors (Lipinski definition) is 2. The van der Waals surface area contributed by atoms with Gasteiger partial charge in [-0.2, -0.15) is 0 Å². The van der Waals surface area contributed by atoms with Crippen LogP contribution in [0.4, 0.5) is 5.69 Å². The maximum absolute atomic E-state index is 13.5. The first-order chi connectivity index (χ1) is 23.4. The van der Waals surface area contributed by atoms with Gasteiger partial charge < -0.3 is 24.8 Å². The van der Waals surface area contributed by atoms with Crippen molar-refractivity contribution in [2.24, 2.45) is 0 Å². The molecule has 0 aliphatic rings. The first kappa shape index (κ1) is 33.0. The molecule has 0 saturated carbocycles. The molecule has 0 aliphatic heterocycles. The zero-order valence-electron chi connectivity index (χ0n) is 26.5. The van der Waals surface area contributed by atoms with E-state index < -0.39 is 11.8 Å². The minimum absolute atomic E-state index is 0.0401. The smallest absolute Gasteiger partial charge is 0.272 e. The van der Waals surface area contributed by atoms with Crippen LogP contribution in [0.25, 0.3) is 12.2 Å². The maximum Gasteiger partial charge on any atom is 0.272 e. The van der Waals surface area contributed by atoms with Crippen molar-refractivity contribution in [1.82, 2.24) is 5.32 Å². The topological polar surface area (TPSA) is 103 Å². The summed E-state index contributed by atoms with van der Waals surface area (Å²) >= 11 is 0. The van der Waals surface area contributed by atoms with Crippen LogP contribution in [0.5, 0.6) is 17.2 Å². The van der Waals surface area contributed by atoms with Crippen LogP contribution < -0.4 is 24.8 Å². The third kappa shape index (κ3) is 9.08. The van der Waals surface area contributed by atoms with Gasteiger partial charge >= 0.3 is 0 Å². The lowest BCUT2D eigenvalue weighted by Gasteiger charge is -2.12. The van der Waals surface area contributed by atoms with Crippen LogP contribution >= 0.6 is 0 Å². The summed E-state index contributed by atoms with van der Waals surface area (Å²) in [6.07, 6.45) is 4.72. The van der Waals surface area contributed by atoms with E-state index in [0.29, 0.717) is 46.2 Å². The molecule has 240 valence electrons. The number of amides is 2. The average molecular weight is 639 g/mol. The summed E-state index contributed by atoms with van der Waals surface area (Å²) in [4.78, 5) is 39.4. The van der Waals surface area contributed by atoms with Crippen molar-refractivity contribution < 1.29 is 28.6 Å². The first-order valence-corrected chi connectivity index (χ1v) is 15.1. The van der Waals surface area contributed by atoms with E-state index in [9.17, 15) is 14.4 Å². The van der Waals surface area contributed by atoms with Crippen LogP contribution in [-0.4, -0.2) is 31.8 Å². The zero-order chi connectivity index (χ0) is 33.7. The summed E-state index contributed by atoms with van der Waals surface area (Å²) in [7, 11) is 3.12. The molecule has 0 heterocycles. The van der Waals surface area contributed by atoms with Gasteiger partial charge in [-0.05, 0) is 90.0 Å². The normalized spacial score (nSPS) is 11.1. The standard InChI is InChI=1S/C40H34N2O6/c1-46-35-23-17-31(38(26-35)47-2)18-24-37(43)30-15-19-33(20-16-30)41-40(45)36(42-39(44)32-11-7-4-8-12-32)25-28-13-21-34(22-14-28)48-27-29-9-5-3-6-10-29/h3-26H,27H2,1-2H3,(H,41,45)(H,42,44)/b24-18+,36-25-. The molecule has 8 heteroatoms. The summed E-state index contributed by atoms with van der Waals surface area (Å²) in [5.41, 5.74) is 3.78. The minimum Gasteiger partial charge on any atom is -0.497 e. The van der Waals surface area contributed by atoms with Gasteiger partial charge in [0.2, 0.25) is 0 Å². The van der Waals surface area contributed by atoms with Crippen molar-refractivity contribution in [3.63, 3.8) is 0 Å². The van der Waals surface area contributed by atoms with Gasteiger partial charge in [0.05, 0.1) is 14.2 Å². The highest BCUT2D eigenvalue weighted by Gasteiger charge is 2.16. The second kappa shape index (κ2) is 16.2. The molecular weight excluding hydrogens is 604 g/mol. The van der Waals surface area contributed by atoms with Crippen molar-refractivity contribution in [3.05, 3.63) is 167 Å². The Hall–Kier alpha value is -6.41. The van der Waals surface area contributed by atoms with Gasteiger partial charge in [-0.3, -0.25) is 14.4 Å². The van der Waals surface area contributed by atoms with Crippen LogP contribution in [0.1, 0.15) is 37.4 Å². The van der Waals surface area contributed by atoms with Crippen molar-refractivity contribution in [3.8, 4) is 17.2 Å². The highest BCUT2D eigenvalue weighted by molar-refractivity contribution is 6.11. The lowest BCUT2D eigenvalue weighted by atomic mass is 10.1. The van der Waals surface area contributed by atoms with Gasteiger partial charge in [-0.25, -0.2) is 0 Å². The molecule has 2 amide bonds. The number of hydrogen-bond acceptors (Lipinski definition) is 6. The SMILES string of the molecule is COc1ccc(/C=C/C(=O)c2ccc(NC(=O)/C(=C/c3ccc(OCc4ccccc4)cc3)NC(=O)c3ccccc3)cc2)c(OC)c1. The molecule has 5 aromatic carbocycles. The number of rotatable bonds is 13. The quantitative estimate of drug-likeness (QED) is 0.102. The fourth-order valence-electron chi connectivity index (χ4n) is 4.64. The zero-order valence-corrected chi connectivity index (χ0v) is 26.5. The van der Waals surface area contributed by atoms with E-state index in [1.54, 1.807) is 117 Å². The van der Waals surface area contributed by atoms with Gasteiger partial charge in [0.15, 0.2) is 5.78 Å². The molecule has 0 saturated heterocycles. The van der Waals surface area contributed by atoms with Crippen molar-refractivity contribution >= 4 is 35.4 Å². The summed E-state index contributed by atoms with van der Waals surface area (Å²) < 4.78 is 16.5. The summed E-state index contributed by atoms with van der Waals surface area (Å²) in [5, 5.41) is 5.55. The van der Waals surface area contributed by atoms with E-state index in [-0.39, 0.29) is 11.5 Å². The third-order valence-corrected chi connectivity index (χ3v) is 7.25. The number of carbonyl (C=O) groups excluding carboxylic acids is 3. The molecule has 2 N–H and O–H groups in total. The lowest BCUT2D eigenvalue weighted by Crippen LogP contribution is -2.30. The van der Waals surface area contributed by atoms with Crippen LogP contribution in [0, 0.1) is 0 Å².